The summed E-state index contributed by atoms with van der Waals surface area (Å²) >= 11 is 1.55. The van der Waals surface area contributed by atoms with Crippen molar-refractivity contribution in [2.24, 2.45) is 5.92 Å². The molecule has 0 unspecified atom stereocenters. The van der Waals surface area contributed by atoms with Crippen molar-refractivity contribution in [3.8, 4) is 0 Å². The lowest BCUT2D eigenvalue weighted by Crippen LogP contribution is -2.34. The van der Waals surface area contributed by atoms with Gasteiger partial charge in [-0.3, -0.25) is 0 Å². The van der Waals surface area contributed by atoms with Gasteiger partial charge < -0.3 is 10.2 Å². The van der Waals surface area contributed by atoms with Gasteiger partial charge in [0.2, 0.25) is 5.13 Å². The number of aryl methyl sites for hydroxylation is 1. The summed E-state index contributed by atoms with van der Waals surface area (Å²) in [5, 5.41) is 4.35. The van der Waals surface area contributed by atoms with Crippen LogP contribution in [0, 0.1) is 5.92 Å². The fraction of sp³-hybridized carbons (Fsp3) is 0.833. The Hall–Kier alpha value is -0.680. The van der Waals surface area contributed by atoms with Crippen molar-refractivity contribution in [3.63, 3.8) is 0 Å². The molecule has 1 aliphatic heterocycles. The Labute approximate surface area is 108 Å². The molecule has 1 aromatic rings. The molecule has 0 bridgehead atoms. The predicted molar refractivity (Wildman–Crippen MR) is 72.8 cm³/mol. The number of nitrogens with one attached hydrogen (secondary N) is 1. The van der Waals surface area contributed by atoms with Crippen molar-refractivity contribution in [1.82, 2.24) is 14.7 Å². The van der Waals surface area contributed by atoms with Crippen LogP contribution < -0.4 is 10.2 Å². The molecule has 96 valence electrons. The molecular weight excluding hydrogens is 232 g/mol. The highest BCUT2D eigenvalue weighted by molar-refractivity contribution is 7.09. The molecule has 0 aliphatic carbocycles. The molecule has 0 saturated carbocycles. The van der Waals surface area contributed by atoms with Crippen LogP contribution in [0.2, 0.25) is 0 Å². The smallest absolute Gasteiger partial charge is 0.205 e. The molecule has 17 heavy (non-hydrogen) atoms. The highest BCUT2D eigenvalue weighted by atomic mass is 32.1. The zero-order valence-corrected chi connectivity index (χ0v) is 11.6. The van der Waals surface area contributed by atoms with Crippen LogP contribution in [-0.2, 0) is 6.42 Å². The first-order chi connectivity index (χ1) is 8.33. The summed E-state index contributed by atoms with van der Waals surface area (Å²) in [4.78, 5) is 6.96. The van der Waals surface area contributed by atoms with E-state index in [1.165, 1.54) is 19.3 Å². The second-order valence-corrected chi connectivity index (χ2v) is 5.40. The van der Waals surface area contributed by atoms with Gasteiger partial charge in [-0.1, -0.05) is 6.92 Å². The Kier molecular flexibility index (Phi) is 4.74. The zero-order valence-electron chi connectivity index (χ0n) is 10.8. The fourth-order valence-corrected chi connectivity index (χ4v) is 3.08. The van der Waals surface area contributed by atoms with Crippen LogP contribution in [0.3, 0.4) is 0 Å². The first kappa shape index (κ1) is 12.8. The van der Waals surface area contributed by atoms with E-state index < -0.39 is 0 Å². The Balaban J connectivity index is 1.82. The molecule has 0 spiro atoms. The average molecular weight is 254 g/mol. The SMILES string of the molecule is CCc1nsc(N2CCC(CCNC)CC2)n1. The molecule has 1 aromatic heterocycles. The van der Waals surface area contributed by atoms with Gasteiger partial charge in [0.05, 0.1) is 0 Å². The van der Waals surface area contributed by atoms with Crippen LogP contribution in [0.4, 0.5) is 5.13 Å². The molecule has 1 N–H and O–H groups in total. The molecule has 0 radical (unpaired) electrons. The summed E-state index contributed by atoms with van der Waals surface area (Å²) in [6, 6.07) is 0. The lowest BCUT2D eigenvalue weighted by atomic mass is 9.94. The van der Waals surface area contributed by atoms with Gasteiger partial charge in [-0.25, -0.2) is 4.98 Å². The first-order valence-electron chi connectivity index (χ1n) is 6.55. The van der Waals surface area contributed by atoms with Gasteiger partial charge in [0.25, 0.3) is 0 Å². The van der Waals surface area contributed by atoms with Gasteiger partial charge in [-0.2, -0.15) is 4.37 Å². The van der Waals surface area contributed by atoms with Gasteiger partial charge in [-0.05, 0) is 38.8 Å². The minimum Gasteiger partial charge on any atom is -0.347 e. The molecule has 2 heterocycles. The molecule has 0 aromatic carbocycles. The highest BCUT2D eigenvalue weighted by Gasteiger charge is 2.21. The number of nitrogens with zero attached hydrogens (tertiary/aromatic N) is 3. The van der Waals surface area contributed by atoms with Crippen LogP contribution in [0.5, 0.6) is 0 Å². The van der Waals surface area contributed by atoms with Crippen molar-refractivity contribution >= 4 is 16.7 Å². The zero-order chi connectivity index (χ0) is 12.1. The molecule has 0 atom stereocenters. The molecule has 1 aliphatic rings. The Morgan fingerprint density at radius 3 is 2.76 bits per heavy atom. The summed E-state index contributed by atoms with van der Waals surface area (Å²) in [5.74, 6) is 1.87. The molecule has 5 heteroatoms. The molecular formula is C12H22N4S. The second-order valence-electron chi connectivity index (χ2n) is 4.67. The van der Waals surface area contributed by atoms with Crippen molar-refractivity contribution in [1.29, 1.82) is 0 Å². The highest BCUT2D eigenvalue weighted by Crippen LogP contribution is 2.26. The fourth-order valence-electron chi connectivity index (χ4n) is 2.28. The lowest BCUT2D eigenvalue weighted by molar-refractivity contribution is 0.378. The van der Waals surface area contributed by atoms with E-state index in [4.69, 9.17) is 0 Å². The van der Waals surface area contributed by atoms with Crippen LogP contribution in [-0.4, -0.2) is 36.0 Å². The molecule has 2 rings (SSSR count). The molecule has 4 nitrogen and oxygen atoms in total. The van der Waals surface area contributed by atoms with E-state index in [9.17, 15) is 0 Å². The van der Waals surface area contributed by atoms with Gasteiger partial charge >= 0.3 is 0 Å². The minimum absolute atomic E-state index is 0.886. The van der Waals surface area contributed by atoms with E-state index in [0.29, 0.717) is 0 Å². The number of aromatic nitrogens is 2. The third kappa shape index (κ3) is 3.39. The van der Waals surface area contributed by atoms with Crippen LogP contribution in [0.25, 0.3) is 0 Å². The third-order valence-electron chi connectivity index (χ3n) is 3.46. The van der Waals surface area contributed by atoms with Crippen molar-refractivity contribution in [2.45, 2.75) is 32.6 Å². The maximum Gasteiger partial charge on any atom is 0.205 e. The van der Waals surface area contributed by atoms with E-state index in [1.54, 1.807) is 11.5 Å². The normalized spacial score (nSPS) is 17.6. The maximum absolute atomic E-state index is 4.56. The van der Waals surface area contributed by atoms with E-state index >= 15 is 0 Å². The second kappa shape index (κ2) is 6.31. The average Bonchev–Trinajstić information content (AvgIpc) is 2.86. The summed E-state index contributed by atoms with van der Waals surface area (Å²) in [5.41, 5.74) is 0. The van der Waals surface area contributed by atoms with E-state index in [2.05, 4.69) is 26.5 Å². The van der Waals surface area contributed by atoms with Crippen LogP contribution in [0.15, 0.2) is 0 Å². The minimum atomic E-state index is 0.886. The summed E-state index contributed by atoms with van der Waals surface area (Å²) in [6.07, 6.45) is 4.83. The molecule has 0 amide bonds. The van der Waals surface area contributed by atoms with E-state index in [-0.39, 0.29) is 0 Å². The van der Waals surface area contributed by atoms with Gasteiger partial charge in [-0.15, -0.1) is 0 Å². The quantitative estimate of drug-likeness (QED) is 0.871. The summed E-state index contributed by atoms with van der Waals surface area (Å²) < 4.78 is 4.36. The van der Waals surface area contributed by atoms with Crippen molar-refractivity contribution in [3.05, 3.63) is 5.82 Å². The maximum atomic E-state index is 4.56. The van der Waals surface area contributed by atoms with Gasteiger partial charge in [0, 0.05) is 31.0 Å². The Morgan fingerprint density at radius 2 is 2.18 bits per heavy atom. The van der Waals surface area contributed by atoms with Crippen molar-refractivity contribution < 1.29 is 0 Å². The Bertz CT molecular complexity index is 331. The number of hydrogen-bond acceptors (Lipinski definition) is 5. The monoisotopic (exact) mass is 254 g/mol. The predicted octanol–water partition coefficient (Wildman–Crippen LogP) is 1.93. The van der Waals surface area contributed by atoms with Crippen LogP contribution in [0.1, 0.15) is 32.0 Å². The number of rotatable bonds is 5. The first-order valence-corrected chi connectivity index (χ1v) is 7.33. The van der Waals surface area contributed by atoms with E-state index in [0.717, 1.165) is 42.9 Å². The van der Waals surface area contributed by atoms with Crippen molar-refractivity contribution in [2.75, 3.05) is 31.6 Å². The number of anilines is 1. The standard InChI is InChI=1S/C12H22N4S/c1-3-11-14-12(17-15-11)16-8-5-10(6-9-16)4-7-13-2/h10,13H,3-9H2,1-2H3. The largest absolute Gasteiger partial charge is 0.347 e. The molecule has 1 saturated heterocycles. The molecule has 1 fully saturated rings. The summed E-state index contributed by atoms with van der Waals surface area (Å²) in [6.45, 7) is 5.54. The number of piperidine rings is 1. The van der Waals surface area contributed by atoms with E-state index in [1.807, 2.05) is 7.05 Å². The Morgan fingerprint density at radius 1 is 1.41 bits per heavy atom. The third-order valence-corrected chi connectivity index (χ3v) is 4.28. The topological polar surface area (TPSA) is 41.1 Å². The summed E-state index contributed by atoms with van der Waals surface area (Å²) in [7, 11) is 2.03. The van der Waals surface area contributed by atoms with Gasteiger partial charge in [0.1, 0.15) is 5.82 Å². The van der Waals surface area contributed by atoms with Crippen LogP contribution >= 0.6 is 11.5 Å². The van der Waals surface area contributed by atoms with Gasteiger partial charge in [0.15, 0.2) is 0 Å². The lowest BCUT2D eigenvalue weighted by Gasteiger charge is -2.31. The number of hydrogen-bond donors (Lipinski definition) is 1.